The maximum atomic E-state index is 4.15. The molecule has 0 aliphatic heterocycles. The molecule has 0 fully saturated rings. The molecule has 3 nitrogen and oxygen atoms in total. The second-order valence-corrected chi connectivity index (χ2v) is 5.14. The van der Waals surface area contributed by atoms with Gasteiger partial charge < -0.3 is 0 Å². The Morgan fingerprint density at radius 2 is 2.18 bits per heavy atom. The lowest BCUT2D eigenvalue weighted by Crippen LogP contribution is -1.97. The van der Waals surface area contributed by atoms with E-state index in [0.717, 1.165) is 23.1 Å². The third kappa shape index (κ3) is 2.94. The van der Waals surface area contributed by atoms with E-state index in [1.165, 1.54) is 5.56 Å². The first-order valence-electron chi connectivity index (χ1n) is 5.78. The number of aromatic nitrogens is 3. The van der Waals surface area contributed by atoms with E-state index < -0.39 is 0 Å². The standard InChI is InChI=1S/C13H16BrN3/c1-10(2)11-4-3-5-13(8-11)17-9-12(6-7-14)15-16-17/h3-5,8-10H,6-7H2,1-2H3. The Hall–Kier alpha value is -1.16. The summed E-state index contributed by atoms with van der Waals surface area (Å²) in [5.41, 5.74) is 3.40. The van der Waals surface area contributed by atoms with E-state index in [4.69, 9.17) is 0 Å². The molecule has 17 heavy (non-hydrogen) atoms. The molecule has 1 aromatic carbocycles. The lowest BCUT2D eigenvalue weighted by atomic mass is 10.0. The fourth-order valence-corrected chi connectivity index (χ4v) is 2.07. The van der Waals surface area contributed by atoms with Crippen LogP contribution in [0.15, 0.2) is 30.5 Å². The van der Waals surface area contributed by atoms with E-state index in [0.29, 0.717) is 5.92 Å². The average molecular weight is 294 g/mol. The summed E-state index contributed by atoms with van der Waals surface area (Å²) in [6, 6.07) is 8.43. The summed E-state index contributed by atoms with van der Waals surface area (Å²) in [6.07, 6.45) is 2.89. The quantitative estimate of drug-likeness (QED) is 0.810. The molecule has 0 atom stereocenters. The first kappa shape index (κ1) is 12.3. The number of halogens is 1. The Balaban J connectivity index is 2.28. The predicted molar refractivity (Wildman–Crippen MR) is 72.9 cm³/mol. The van der Waals surface area contributed by atoms with Gasteiger partial charge in [-0.15, -0.1) is 5.10 Å². The molecule has 0 saturated carbocycles. The molecule has 0 unspecified atom stereocenters. The van der Waals surface area contributed by atoms with Crippen molar-refractivity contribution in [2.75, 3.05) is 5.33 Å². The molecule has 0 aliphatic carbocycles. The molecule has 2 rings (SSSR count). The van der Waals surface area contributed by atoms with Crippen LogP contribution in [0.3, 0.4) is 0 Å². The lowest BCUT2D eigenvalue weighted by Gasteiger charge is -2.07. The largest absolute Gasteiger partial charge is 0.220 e. The molecule has 0 aliphatic rings. The predicted octanol–water partition coefficient (Wildman–Crippen LogP) is 3.33. The zero-order chi connectivity index (χ0) is 12.3. The molecule has 0 radical (unpaired) electrons. The van der Waals surface area contributed by atoms with Crippen molar-refractivity contribution in [2.45, 2.75) is 26.2 Å². The van der Waals surface area contributed by atoms with Gasteiger partial charge in [-0.2, -0.15) is 0 Å². The minimum Gasteiger partial charge on any atom is -0.220 e. The van der Waals surface area contributed by atoms with E-state index in [9.17, 15) is 0 Å². The summed E-state index contributed by atoms with van der Waals surface area (Å²) < 4.78 is 1.84. The van der Waals surface area contributed by atoms with Gasteiger partial charge in [0.15, 0.2) is 0 Å². The monoisotopic (exact) mass is 293 g/mol. The van der Waals surface area contributed by atoms with Crippen LogP contribution in [0.1, 0.15) is 31.0 Å². The van der Waals surface area contributed by atoms with Gasteiger partial charge in [-0.3, -0.25) is 0 Å². The highest BCUT2D eigenvalue weighted by molar-refractivity contribution is 9.09. The van der Waals surface area contributed by atoms with Gasteiger partial charge in [-0.05, 0) is 23.6 Å². The molecular formula is C13H16BrN3. The maximum Gasteiger partial charge on any atom is 0.0840 e. The summed E-state index contributed by atoms with van der Waals surface area (Å²) in [5.74, 6) is 0.528. The van der Waals surface area contributed by atoms with Crippen molar-refractivity contribution >= 4 is 15.9 Å². The molecule has 0 N–H and O–H groups in total. The van der Waals surface area contributed by atoms with Gasteiger partial charge in [0, 0.05) is 11.8 Å². The van der Waals surface area contributed by atoms with Crippen molar-refractivity contribution < 1.29 is 0 Å². The molecule has 90 valence electrons. The normalized spacial score (nSPS) is 11.1. The fourth-order valence-electron chi connectivity index (χ4n) is 1.66. The second-order valence-electron chi connectivity index (χ2n) is 4.34. The Morgan fingerprint density at radius 1 is 1.35 bits per heavy atom. The van der Waals surface area contributed by atoms with E-state index in [2.05, 4.69) is 64.4 Å². The molecule has 0 bridgehead atoms. The van der Waals surface area contributed by atoms with Crippen LogP contribution in [-0.2, 0) is 6.42 Å². The smallest absolute Gasteiger partial charge is 0.0840 e. The highest BCUT2D eigenvalue weighted by Crippen LogP contribution is 2.17. The number of aryl methyl sites for hydroxylation is 1. The molecule has 2 aromatic rings. The van der Waals surface area contributed by atoms with Gasteiger partial charge >= 0.3 is 0 Å². The van der Waals surface area contributed by atoms with Gasteiger partial charge in [-0.25, -0.2) is 4.68 Å². The number of hydrogen-bond donors (Lipinski definition) is 0. The third-order valence-electron chi connectivity index (χ3n) is 2.69. The Morgan fingerprint density at radius 3 is 2.88 bits per heavy atom. The van der Waals surface area contributed by atoms with Crippen molar-refractivity contribution in [3.05, 3.63) is 41.7 Å². The van der Waals surface area contributed by atoms with Crippen LogP contribution in [0.2, 0.25) is 0 Å². The first-order chi connectivity index (χ1) is 8.20. The zero-order valence-electron chi connectivity index (χ0n) is 10.1. The van der Waals surface area contributed by atoms with Crippen molar-refractivity contribution in [3.63, 3.8) is 0 Å². The number of alkyl halides is 1. The first-order valence-corrected chi connectivity index (χ1v) is 6.90. The SMILES string of the molecule is CC(C)c1cccc(-n2cc(CCBr)nn2)c1. The van der Waals surface area contributed by atoms with Crippen molar-refractivity contribution in [2.24, 2.45) is 0 Å². The molecule has 0 spiro atoms. The Kier molecular flexibility index (Phi) is 3.94. The minimum absolute atomic E-state index is 0.528. The zero-order valence-corrected chi connectivity index (χ0v) is 11.7. The Labute approximate surface area is 110 Å². The summed E-state index contributed by atoms with van der Waals surface area (Å²) in [5, 5.41) is 9.21. The fraction of sp³-hybridized carbons (Fsp3) is 0.385. The van der Waals surface area contributed by atoms with Crippen molar-refractivity contribution in [1.82, 2.24) is 15.0 Å². The summed E-state index contributed by atoms with van der Waals surface area (Å²) in [6.45, 7) is 4.38. The molecule has 0 amide bonds. The van der Waals surface area contributed by atoms with Crippen LogP contribution in [0, 0.1) is 0 Å². The van der Waals surface area contributed by atoms with Crippen LogP contribution in [-0.4, -0.2) is 20.3 Å². The van der Waals surface area contributed by atoms with Gasteiger partial charge in [0.1, 0.15) is 0 Å². The molecule has 4 heteroatoms. The van der Waals surface area contributed by atoms with Gasteiger partial charge in [0.25, 0.3) is 0 Å². The summed E-state index contributed by atoms with van der Waals surface area (Å²) >= 11 is 3.41. The lowest BCUT2D eigenvalue weighted by molar-refractivity contribution is 0.791. The number of rotatable bonds is 4. The highest BCUT2D eigenvalue weighted by atomic mass is 79.9. The van der Waals surface area contributed by atoms with Crippen molar-refractivity contribution in [3.8, 4) is 5.69 Å². The van der Waals surface area contributed by atoms with E-state index in [1.54, 1.807) is 0 Å². The minimum atomic E-state index is 0.528. The second kappa shape index (κ2) is 5.45. The third-order valence-corrected chi connectivity index (χ3v) is 3.09. The summed E-state index contributed by atoms with van der Waals surface area (Å²) in [7, 11) is 0. The van der Waals surface area contributed by atoms with Gasteiger partial charge in [0.2, 0.25) is 0 Å². The van der Waals surface area contributed by atoms with Crippen molar-refractivity contribution in [1.29, 1.82) is 0 Å². The number of benzene rings is 1. The molecular weight excluding hydrogens is 278 g/mol. The summed E-state index contributed by atoms with van der Waals surface area (Å²) in [4.78, 5) is 0. The topological polar surface area (TPSA) is 30.7 Å². The number of hydrogen-bond acceptors (Lipinski definition) is 2. The maximum absolute atomic E-state index is 4.15. The van der Waals surface area contributed by atoms with Crippen LogP contribution in [0.25, 0.3) is 5.69 Å². The van der Waals surface area contributed by atoms with Crippen LogP contribution in [0.4, 0.5) is 0 Å². The highest BCUT2D eigenvalue weighted by Gasteiger charge is 2.04. The molecule has 0 saturated heterocycles. The number of nitrogens with zero attached hydrogens (tertiary/aromatic N) is 3. The van der Waals surface area contributed by atoms with Crippen LogP contribution < -0.4 is 0 Å². The average Bonchev–Trinajstić information content (AvgIpc) is 2.78. The van der Waals surface area contributed by atoms with Crippen LogP contribution in [0.5, 0.6) is 0 Å². The van der Waals surface area contributed by atoms with E-state index in [1.807, 2.05) is 10.9 Å². The van der Waals surface area contributed by atoms with Crippen LogP contribution >= 0.6 is 15.9 Å². The van der Waals surface area contributed by atoms with Gasteiger partial charge in [-0.1, -0.05) is 47.1 Å². The van der Waals surface area contributed by atoms with Gasteiger partial charge in [0.05, 0.1) is 17.6 Å². The van der Waals surface area contributed by atoms with E-state index in [-0.39, 0.29) is 0 Å². The molecule has 1 aromatic heterocycles. The Bertz CT molecular complexity index is 491. The molecule has 1 heterocycles. The van der Waals surface area contributed by atoms with E-state index >= 15 is 0 Å².